The highest BCUT2D eigenvalue weighted by atomic mass is 16.5. The lowest BCUT2D eigenvalue weighted by Gasteiger charge is -2.09. The van der Waals surface area contributed by atoms with Crippen LogP contribution in [0.3, 0.4) is 0 Å². The molecule has 2 aromatic carbocycles. The van der Waals surface area contributed by atoms with Crippen LogP contribution in [-0.2, 0) is 11.3 Å². The van der Waals surface area contributed by atoms with Crippen LogP contribution in [0.5, 0.6) is 5.75 Å². The summed E-state index contributed by atoms with van der Waals surface area (Å²) in [5, 5.41) is 2.69. The van der Waals surface area contributed by atoms with E-state index in [0.717, 1.165) is 0 Å². The summed E-state index contributed by atoms with van der Waals surface area (Å²) in [5.41, 5.74) is 1.65. The molecule has 0 aliphatic heterocycles. The molecule has 0 saturated heterocycles. The summed E-state index contributed by atoms with van der Waals surface area (Å²) < 4.78 is 6.87. The molecule has 29 heavy (non-hydrogen) atoms. The summed E-state index contributed by atoms with van der Waals surface area (Å²) >= 11 is 0. The number of aryl methyl sites for hydroxylation is 1. The first kappa shape index (κ1) is 20.0. The van der Waals surface area contributed by atoms with Crippen LogP contribution in [0.15, 0.2) is 71.8 Å². The second-order valence-corrected chi connectivity index (χ2v) is 6.42. The van der Waals surface area contributed by atoms with Gasteiger partial charge < -0.3 is 10.1 Å². The van der Waals surface area contributed by atoms with Crippen LogP contribution in [0.25, 0.3) is 0 Å². The Morgan fingerprint density at radius 3 is 2.41 bits per heavy atom. The third kappa shape index (κ3) is 5.62. The molecule has 0 unspecified atom stereocenters. The number of amides is 1. The van der Waals surface area contributed by atoms with Crippen molar-refractivity contribution in [2.75, 3.05) is 13.2 Å². The molecular formula is C22H21N3O4. The van der Waals surface area contributed by atoms with E-state index in [0.29, 0.717) is 29.1 Å². The molecule has 0 spiro atoms. The third-order valence-electron chi connectivity index (χ3n) is 4.21. The summed E-state index contributed by atoms with van der Waals surface area (Å²) in [6.45, 7) is 2.20. The van der Waals surface area contributed by atoms with Crippen molar-refractivity contribution in [2.45, 2.75) is 13.5 Å². The first-order valence-electron chi connectivity index (χ1n) is 9.15. The lowest BCUT2D eigenvalue weighted by atomic mass is 10.0. The fourth-order valence-electron chi connectivity index (χ4n) is 2.66. The van der Waals surface area contributed by atoms with Crippen LogP contribution < -0.4 is 15.6 Å². The average Bonchev–Trinajstić information content (AvgIpc) is 2.74. The van der Waals surface area contributed by atoms with Gasteiger partial charge in [-0.3, -0.25) is 19.0 Å². The quantitative estimate of drug-likeness (QED) is 0.593. The molecule has 1 aromatic heterocycles. The maximum Gasteiger partial charge on any atom is 0.258 e. The van der Waals surface area contributed by atoms with Gasteiger partial charge in [-0.1, -0.05) is 30.3 Å². The number of hydrogen-bond acceptors (Lipinski definition) is 5. The van der Waals surface area contributed by atoms with E-state index in [-0.39, 0.29) is 30.4 Å². The molecule has 0 saturated carbocycles. The maximum atomic E-state index is 12.4. The Morgan fingerprint density at radius 1 is 1.03 bits per heavy atom. The summed E-state index contributed by atoms with van der Waals surface area (Å²) in [4.78, 5) is 40.1. The van der Waals surface area contributed by atoms with Crippen molar-refractivity contribution >= 4 is 11.7 Å². The highest BCUT2D eigenvalue weighted by molar-refractivity contribution is 6.08. The smallest absolute Gasteiger partial charge is 0.258 e. The average molecular weight is 391 g/mol. The first-order valence-corrected chi connectivity index (χ1v) is 9.15. The molecule has 7 nitrogen and oxygen atoms in total. The number of carbonyl (C=O) groups excluding carboxylic acids is 2. The molecule has 0 aliphatic carbocycles. The number of carbonyl (C=O) groups is 2. The standard InChI is InChI=1S/C22H21N3O4/c1-16-13-21(27)25(15-24-16)12-11-23-20(26)14-29-19-9-7-18(8-10-19)22(28)17-5-3-2-4-6-17/h2-10,13,15H,11-12,14H2,1H3,(H,23,26). The molecule has 3 rings (SSSR count). The molecule has 0 atom stereocenters. The maximum absolute atomic E-state index is 12.4. The molecule has 1 N–H and O–H groups in total. The van der Waals surface area contributed by atoms with Crippen LogP contribution in [-0.4, -0.2) is 34.4 Å². The van der Waals surface area contributed by atoms with Crippen LogP contribution in [0.2, 0.25) is 0 Å². The second kappa shape index (κ2) is 9.45. The van der Waals surface area contributed by atoms with Crippen LogP contribution in [0.1, 0.15) is 21.6 Å². The van der Waals surface area contributed by atoms with Gasteiger partial charge in [-0.15, -0.1) is 0 Å². The van der Waals surface area contributed by atoms with Gasteiger partial charge in [0, 0.05) is 36.0 Å². The van der Waals surface area contributed by atoms with Gasteiger partial charge in [-0.2, -0.15) is 0 Å². The van der Waals surface area contributed by atoms with Crippen LogP contribution >= 0.6 is 0 Å². The van der Waals surface area contributed by atoms with Gasteiger partial charge in [0.05, 0.1) is 6.33 Å². The van der Waals surface area contributed by atoms with Gasteiger partial charge >= 0.3 is 0 Å². The van der Waals surface area contributed by atoms with Gasteiger partial charge in [0.2, 0.25) is 0 Å². The minimum Gasteiger partial charge on any atom is -0.484 e. The van der Waals surface area contributed by atoms with E-state index in [1.54, 1.807) is 43.3 Å². The van der Waals surface area contributed by atoms with Crippen LogP contribution in [0.4, 0.5) is 0 Å². The first-order chi connectivity index (χ1) is 14.0. The molecule has 0 fully saturated rings. The normalized spacial score (nSPS) is 10.4. The number of aromatic nitrogens is 2. The predicted octanol–water partition coefficient (Wildman–Crippen LogP) is 1.98. The number of nitrogens with zero attached hydrogens (tertiary/aromatic N) is 2. The van der Waals surface area contributed by atoms with Gasteiger partial charge in [-0.05, 0) is 31.2 Å². The molecule has 1 heterocycles. The van der Waals surface area contributed by atoms with Gasteiger partial charge in [0.1, 0.15) is 5.75 Å². The Balaban J connectivity index is 1.45. The van der Waals surface area contributed by atoms with Crippen molar-refractivity contribution in [2.24, 2.45) is 0 Å². The highest BCUT2D eigenvalue weighted by Gasteiger charge is 2.09. The zero-order valence-electron chi connectivity index (χ0n) is 16.0. The van der Waals surface area contributed by atoms with E-state index in [1.807, 2.05) is 18.2 Å². The zero-order chi connectivity index (χ0) is 20.6. The summed E-state index contributed by atoms with van der Waals surface area (Å²) in [7, 11) is 0. The van der Waals surface area contributed by atoms with E-state index < -0.39 is 0 Å². The summed E-state index contributed by atoms with van der Waals surface area (Å²) in [6, 6.07) is 17.1. The number of ether oxygens (including phenoxy) is 1. The lowest BCUT2D eigenvalue weighted by molar-refractivity contribution is -0.123. The molecular weight excluding hydrogens is 370 g/mol. The van der Waals surface area contributed by atoms with Gasteiger partial charge in [-0.25, -0.2) is 4.98 Å². The predicted molar refractivity (Wildman–Crippen MR) is 108 cm³/mol. The summed E-state index contributed by atoms with van der Waals surface area (Å²) in [5.74, 6) is 0.113. The molecule has 0 bridgehead atoms. The monoisotopic (exact) mass is 391 g/mol. The number of ketones is 1. The van der Waals surface area contributed by atoms with Crippen molar-refractivity contribution in [1.82, 2.24) is 14.9 Å². The van der Waals surface area contributed by atoms with Gasteiger partial charge in [0.15, 0.2) is 12.4 Å². The van der Waals surface area contributed by atoms with E-state index in [4.69, 9.17) is 4.74 Å². The van der Waals surface area contributed by atoms with Crippen molar-refractivity contribution in [3.05, 3.63) is 94.2 Å². The minimum atomic E-state index is -0.303. The number of hydrogen-bond donors (Lipinski definition) is 1. The molecule has 148 valence electrons. The lowest BCUT2D eigenvalue weighted by Crippen LogP contribution is -2.33. The Morgan fingerprint density at radius 2 is 1.72 bits per heavy atom. The second-order valence-electron chi connectivity index (χ2n) is 6.42. The fraction of sp³-hybridized carbons (Fsp3) is 0.182. The zero-order valence-corrected chi connectivity index (χ0v) is 16.0. The van der Waals surface area contributed by atoms with E-state index in [9.17, 15) is 14.4 Å². The minimum absolute atomic E-state index is 0.0734. The topological polar surface area (TPSA) is 90.3 Å². The largest absolute Gasteiger partial charge is 0.484 e. The molecule has 0 radical (unpaired) electrons. The number of rotatable bonds is 8. The van der Waals surface area contributed by atoms with E-state index in [2.05, 4.69) is 10.3 Å². The van der Waals surface area contributed by atoms with Crippen LogP contribution in [0, 0.1) is 6.92 Å². The Labute approximate surface area is 168 Å². The Hall–Kier alpha value is -3.74. The molecule has 1 amide bonds. The third-order valence-corrected chi connectivity index (χ3v) is 4.21. The number of nitrogens with one attached hydrogen (secondary N) is 1. The van der Waals surface area contributed by atoms with Gasteiger partial charge in [0.25, 0.3) is 11.5 Å². The molecule has 0 aliphatic rings. The van der Waals surface area contributed by atoms with Crippen molar-refractivity contribution in [1.29, 1.82) is 0 Å². The van der Waals surface area contributed by atoms with Crippen molar-refractivity contribution < 1.29 is 14.3 Å². The fourth-order valence-corrected chi connectivity index (χ4v) is 2.66. The summed E-state index contributed by atoms with van der Waals surface area (Å²) in [6.07, 6.45) is 1.46. The van der Waals surface area contributed by atoms with Crippen molar-refractivity contribution in [3.8, 4) is 5.75 Å². The van der Waals surface area contributed by atoms with Crippen molar-refractivity contribution in [3.63, 3.8) is 0 Å². The Bertz CT molecular complexity index is 1040. The van der Waals surface area contributed by atoms with E-state index >= 15 is 0 Å². The molecule has 3 aromatic rings. The van der Waals surface area contributed by atoms with E-state index in [1.165, 1.54) is 17.0 Å². The highest BCUT2D eigenvalue weighted by Crippen LogP contribution is 2.15. The SMILES string of the molecule is Cc1cc(=O)n(CCNC(=O)COc2ccc(C(=O)c3ccccc3)cc2)cn1. The molecule has 7 heteroatoms. The number of benzene rings is 2. The Kier molecular flexibility index (Phi) is 6.52.